The molecule has 1 N–H and O–H groups in total. The normalized spacial score (nSPS) is 11.0. The summed E-state index contributed by atoms with van der Waals surface area (Å²) in [6, 6.07) is 7.45. The number of aryl methyl sites for hydroxylation is 2. The molecule has 0 aliphatic heterocycles. The third-order valence-electron chi connectivity index (χ3n) is 4.20. The molecule has 0 saturated carbocycles. The molecule has 27 heavy (non-hydrogen) atoms. The number of thioether (sulfide) groups is 1. The minimum absolute atomic E-state index is 0.174. The van der Waals surface area contributed by atoms with Crippen LogP contribution in [0.5, 0.6) is 0 Å². The summed E-state index contributed by atoms with van der Waals surface area (Å²) in [6.07, 6.45) is 7.29. The average Bonchev–Trinajstić information content (AvgIpc) is 3.21. The second-order valence-electron chi connectivity index (χ2n) is 6.54. The number of nitrogens with zero attached hydrogens (tertiary/aromatic N) is 3. The van der Waals surface area contributed by atoms with E-state index >= 15 is 0 Å². The van der Waals surface area contributed by atoms with Crippen LogP contribution in [-0.2, 0) is 24.3 Å². The van der Waals surface area contributed by atoms with Crippen molar-refractivity contribution < 1.29 is 4.79 Å². The van der Waals surface area contributed by atoms with E-state index in [2.05, 4.69) is 9.97 Å². The van der Waals surface area contributed by atoms with Gasteiger partial charge in [0.15, 0.2) is 15.7 Å². The number of aromatic nitrogens is 4. The molecule has 3 rings (SSSR count). The molecule has 0 fully saturated rings. The van der Waals surface area contributed by atoms with Crippen LogP contribution in [0.2, 0.25) is 5.02 Å². The van der Waals surface area contributed by atoms with Gasteiger partial charge in [-0.2, -0.15) is 0 Å². The van der Waals surface area contributed by atoms with Gasteiger partial charge in [-0.05, 0) is 43.8 Å². The second kappa shape index (κ2) is 9.39. The van der Waals surface area contributed by atoms with Gasteiger partial charge in [-0.25, -0.2) is 4.98 Å². The minimum Gasteiger partial charge on any atom is -0.337 e. The Labute approximate surface area is 173 Å². The number of benzene rings is 1. The molecular weight excluding hydrogens is 400 g/mol. The lowest BCUT2D eigenvalue weighted by molar-refractivity contribution is -0.120. The number of hydrogen-bond acceptors (Lipinski definition) is 4. The van der Waals surface area contributed by atoms with Crippen molar-refractivity contribution in [1.82, 2.24) is 19.1 Å². The van der Waals surface area contributed by atoms with Gasteiger partial charge in [-0.15, -0.1) is 0 Å². The first-order valence-corrected chi connectivity index (χ1v) is 10.1. The zero-order valence-electron chi connectivity index (χ0n) is 15.8. The van der Waals surface area contributed by atoms with Crippen LogP contribution in [0.25, 0.3) is 0 Å². The Hall–Kier alpha value is -1.83. The molecule has 0 amide bonds. The van der Waals surface area contributed by atoms with Gasteiger partial charge >= 0.3 is 0 Å². The average molecular weight is 423 g/mol. The Morgan fingerprint density at radius 3 is 2.33 bits per heavy atom. The molecule has 0 saturated heterocycles. The van der Waals surface area contributed by atoms with Crippen molar-refractivity contribution in [3.8, 4) is 0 Å². The maximum atomic E-state index is 12.5. The molecule has 5 nitrogen and oxygen atoms in total. The molecule has 0 aliphatic rings. The van der Waals surface area contributed by atoms with E-state index in [1.165, 1.54) is 11.8 Å². The predicted molar refractivity (Wildman–Crippen MR) is 114 cm³/mol. The van der Waals surface area contributed by atoms with Crippen molar-refractivity contribution in [1.29, 1.82) is 0 Å². The molecule has 0 atom stereocenters. The first-order valence-electron chi connectivity index (χ1n) is 8.31. The van der Waals surface area contributed by atoms with Crippen LogP contribution in [0.4, 0.5) is 0 Å². The fraction of sp³-hybridized carbons (Fsp3) is 0.316. The number of imidazole rings is 2. The standard InChI is InChI=1S/C15H17ClN2OS.C4H6N2S/c1-15(2,11-4-6-12(16)7-5-11)13(19)10-20-14-17-8-9-18(14)3;1-6-3-2-5-4(6)7/h4-9H,10H2,1-3H3;2-3H,1H3,(H,5,7). The van der Waals surface area contributed by atoms with E-state index in [1.807, 2.05) is 79.9 Å². The molecule has 0 unspecified atom stereocenters. The lowest BCUT2D eigenvalue weighted by atomic mass is 9.81. The van der Waals surface area contributed by atoms with Crippen molar-refractivity contribution in [3.63, 3.8) is 0 Å². The van der Waals surface area contributed by atoms with E-state index in [0.717, 1.165) is 15.5 Å². The molecule has 0 spiro atoms. The van der Waals surface area contributed by atoms with Gasteiger partial charge in [0.2, 0.25) is 0 Å². The molecule has 8 heteroatoms. The SMILES string of the molecule is Cn1cc[nH]c1=S.Cn1ccnc1SCC(=O)C(C)(C)c1ccc(Cl)cc1. The number of Topliss-reactive ketones (excluding diaryl/α,β-unsaturated/α-hetero) is 1. The van der Waals surface area contributed by atoms with E-state index in [9.17, 15) is 4.79 Å². The largest absolute Gasteiger partial charge is 0.337 e. The Kier molecular flexibility index (Phi) is 7.47. The summed E-state index contributed by atoms with van der Waals surface area (Å²) < 4.78 is 4.52. The van der Waals surface area contributed by atoms with Crippen LogP contribution in [0.15, 0.2) is 54.2 Å². The van der Waals surface area contributed by atoms with E-state index in [1.54, 1.807) is 6.20 Å². The molecule has 0 aliphatic carbocycles. The van der Waals surface area contributed by atoms with Crippen molar-refractivity contribution in [2.75, 3.05) is 5.75 Å². The number of nitrogens with one attached hydrogen (secondary N) is 1. The Balaban J connectivity index is 0.000000313. The highest BCUT2D eigenvalue weighted by Gasteiger charge is 2.29. The van der Waals surface area contributed by atoms with Gasteiger partial charge in [0, 0.05) is 49.3 Å². The number of carbonyl (C=O) groups excluding carboxylic acids is 1. The highest BCUT2D eigenvalue weighted by atomic mass is 35.5. The Morgan fingerprint density at radius 1 is 1.22 bits per heavy atom. The predicted octanol–water partition coefficient (Wildman–Crippen LogP) is 4.80. The number of hydrogen-bond donors (Lipinski definition) is 1. The summed E-state index contributed by atoms with van der Waals surface area (Å²) in [5, 5.41) is 1.53. The van der Waals surface area contributed by atoms with Crippen molar-refractivity contribution in [3.05, 3.63) is 64.4 Å². The molecule has 1 aromatic carbocycles. The maximum absolute atomic E-state index is 12.5. The van der Waals surface area contributed by atoms with E-state index in [0.29, 0.717) is 10.8 Å². The number of H-pyrrole nitrogens is 1. The highest BCUT2D eigenvalue weighted by Crippen LogP contribution is 2.28. The zero-order chi connectivity index (χ0) is 20.0. The second-order valence-corrected chi connectivity index (χ2v) is 8.31. The monoisotopic (exact) mass is 422 g/mol. The van der Waals surface area contributed by atoms with Gasteiger partial charge in [0.1, 0.15) is 0 Å². The van der Waals surface area contributed by atoms with Gasteiger partial charge in [0.25, 0.3) is 0 Å². The van der Waals surface area contributed by atoms with E-state index in [4.69, 9.17) is 23.8 Å². The molecule has 2 heterocycles. The zero-order valence-corrected chi connectivity index (χ0v) is 18.2. The first-order chi connectivity index (χ1) is 12.7. The summed E-state index contributed by atoms with van der Waals surface area (Å²) >= 11 is 12.1. The quantitative estimate of drug-likeness (QED) is 0.474. The Bertz CT molecular complexity index is 941. The summed E-state index contributed by atoms with van der Waals surface area (Å²) in [4.78, 5) is 19.5. The molecule has 3 aromatic rings. The number of rotatable bonds is 5. The number of ketones is 1. The smallest absolute Gasteiger partial charge is 0.176 e. The van der Waals surface area contributed by atoms with Crippen LogP contribution in [0.3, 0.4) is 0 Å². The van der Waals surface area contributed by atoms with Gasteiger partial charge in [-0.3, -0.25) is 4.79 Å². The molecule has 2 aromatic heterocycles. The number of carbonyl (C=O) groups is 1. The van der Waals surface area contributed by atoms with Crippen LogP contribution >= 0.6 is 35.6 Å². The summed E-state index contributed by atoms with van der Waals surface area (Å²) in [5.74, 6) is 0.577. The maximum Gasteiger partial charge on any atom is 0.176 e. The van der Waals surface area contributed by atoms with Crippen molar-refractivity contribution in [2.24, 2.45) is 14.1 Å². The fourth-order valence-corrected chi connectivity index (χ4v) is 3.49. The van der Waals surface area contributed by atoms with Crippen LogP contribution < -0.4 is 0 Å². The third-order valence-corrected chi connectivity index (χ3v) is 5.91. The fourth-order valence-electron chi connectivity index (χ4n) is 2.22. The van der Waals surface area contributed by atoms with Gasteiger partial charge in [-0.1, -0.05) is 35.5 Å². The molecule has 0 radical (unpaired) electrons. The topological polar surface area (TPSA) is 55.6 Å². The molecular formula is C19H23ClN4OS2. The van der Waals surface area contributed by atoms with Crippen LogP contribution in [0.1, 0.15) is 19.4 Å². The number of halogens is 1. The lowest BCUT2D eigenvalue weighted by Crippen LogP contribution is -2.30. The number of aromatic amines is 1. The van der Waals surface area contributed by atoms with Crippen LogP contribution in [0, 0.1) is 4.77 Å². The molecule has 0 bridgehead atoms. The first kappa shape index (κ1) is 21.5. The third kappa shape index (κ3) is 5.82. The highest BCUT2D eigenvalue weighted by molar-refractivity contribution is 7.99. The van der Waals surface area contributed by atoms with E-state index in [-0.39, 0.29) is 5.78 Å². The Morgan fingerprint density at radius 2 is 1.89 bits per heavy atom. The lowest BCUT2D eigenvalue weighted by Gasteiger charge is -2.23. The van der Waals surface area contributed by atoms with Crippen molar-refractivity contribution in [2.45, 2.75) is 24.4 Å². The van der Waals surface area contributed by atoms with Gasteiger partial charge < -0.3 is 14.1 Å². The van der Waals surface area contributed by atoms with Crippen LogP contribution in [-0.4, -0.2) is 30.6 Å². The molecule has 144 valence electrons. The van der Waals surface area contributed by atoms with Crippen molar-refractivity contribution >= 4 is 41.4 Å². The minimum atomic E-state index is -0.525. The summed E-state index contributed by atoms with van der Waals surface area (Å²) in [6.45, 7) is 3.88. The summed E-state index contributed by atoms with van der Waals surface area (Å²) in [5.41, 5.74) is 0.454. The van der Waals surface area contributed by atoms with E-state index < -0.39 is 5.41 Å². The van der Waals surface area contributed by atoms with Gasteiger partial charge in [0.05, 0.1) is 5.75 Å². The summed E-state index contributed by atoms with van der Waals surface area (Å²) in [7, 11) is 3.82.